The molecule has 0 bridgehead atoms. The Morgan fingerprint density at radius 2 is 1.66 bits per heavy atom. The molecule has 0 saturated heterocycles. The summed E-state index contributed by atoms with van der Waals surface area (Å²) in [6.07, 6.45) is 5.70. The monoisotopic (exact) mass is 427 g/mol. The maximum atomic E-state index is 4.71. The van der Waals surface area contributed by atoms with E-state index < -0.39 is 0 Å². The van der Waals surface area contributed by atoms with E-state index in [0.29, 0.717) is 0 Å². The molecule has 1 aliphatic carbocycles. The van der Waals surface area contributed by atoms with Gasteiger partial charge in [0, 0.05) is 10.9 Å². The van der Waals surface area contributed by atoms with E-state index in [1.165, 1.54) is 41.4 Å². The highest BCUT2D eigenvalue weighted by Crippen LogP contribution is 2.47. The number of rotatable bonds is 4. The molecule has 166 valence electrons. The molecule has 0 spiro atoms. The van der Waals surface area contributed by atoms with Gasteiger partial charge >= 0.3 is 0 Å². The summed E-state index contributed by atoms with van der Waals surface area (Å²) < 4.78 is 4.63. The highest BCUT2D eigenvalue weighted by Gasteiger charge is 2.45. The molecule has 0 atom stereocenters. The van der Waals surface area contributed by atoms with Gasteiger partial charge in [0.2, 0.25) is 0 Å². The Balaban J connectivity index is 1.82. The van der Waals surface area contributed by atoms with Crippen LogP contribution in [0.1, 0.15) is 65.6 Å². The molecule has 0 aliphatic heterocycles. The maximum absolute atomic E-state index is 4.71. The molecule has 0 amide bonds. The van der Waals surface area contributed by atoms with Crippen molar-refractivity contribution in [2.45, 2.75) is 70.9 Å². The molecule has 0 radical (unpaired) electrons. The number of tetrazole rings is 1. The predicted molar refractivity (Wildman–Crippen MR) is 130 cm³/mol. The quantitative estimate of drug-likeness (QED) is 0.379. The molecule has 32 heavy (non-hydrogen) atoms. The number of fused-ring (bicyclic) bond motifs is 1. The molecular weight excluding hydrogens is 394 g/mol. The van der Waals surface area contributed by atoms with Gasteiger partial charge in [0.15, 0.2) is 5.82 Å². The van der Waals surface area contributed by atoms with Crippen LogP contribution >= 0.6 is 0 Å². The van der Waals surface area contributed by atoms with Crippen LogP contribution in [0.15, 0.2) is 60.7 Å². The lowest BCUT2D eigenvalue weighted by molar-refractivity contribution is 0.171. The summed E-state index contributed by atoms with van der Waals surface area (Å²) in [5.74, 6) is 1.75. The Bertz CT molecular complexity index is 1200. The van der Waals surface area contributed by atoms with Crippen LogP contribution < -0.4 is 0 Å². The lowest BCUT2D eigenvalue weighted by Crippen LogP contribution is -2.44. The van der Waals surface area contributed by atoms with E-state index in [2.05, 4.69) is 108 Å². The molecule has 1 aliphatic rings. The molecular formula is C27H33N5. The Labute approximate surface area is 190 Å². The molecule has 1 saturated carbocycles. The van der Waals surface area contributed by atoms with Gasteiger partial charge < -0.3 is 4.57 Å². The molecule has 0 N–H and O–H groups in total. The van der Waals surface area contributed by atoms with E-state index in [1.807, 2.05) is 0 Å². The van der Waals surface area contributed by atoms with Gasteiger partial charge in [-0.05, 0) is 80.5 Å². The van der Waals surface area contributed by atoms with Crippen molar-refractivity contribution >= 4 is 10.9 Å². The summed E-state index contributed by atoms with van der Waals surface area (Å²) in [6, 6.07) is 21.8. The van der Waals surface area contributed by atoms with Crippen molar-refractivity contribution in [1.29, 1.82) is 0 Å². The summed E-state index contributed by atoms with van der Waals surface area (Å²) in [5, 5.41) is 14.6. The summed E-state index contributed by atoms with van der Waals surface area (Å²) in [7, 11) is 0. The van der Waals surface area contributed by atoms with Crippen LogP contribution in [0.25, 0.3) is 22.2 Å². The zero-order valence-corrected chi connectivity index (χ0v) is 19.6. The van der Waals surface area contributed by atoms with Crippen LogP contribution in [-0.4, -0.2) is 24.8 Å². The fraction of sp³-hybridized carbons (Fsp3) is 0.444. The second-order valence-electron chi connectivity index (χ2n) is 10.3. The van der Waals surface area contributed by atoms with Crippen LogP contribution in [-0.2, 0) is 11.1 Å². The maximum Gasteiger partial charge on any atom is 0.177 e. The first-order chi connectivity index (χ1) is 15.4. The van der Waals surface area contributed by atoms with Gasteiger partial charge in [-0.2, -0.15) is 0 Å². The number of hydrogen-bond donors (Lipinski definition) is 0. The number of hydrogen-bond acceptors (Lipinski definition) is 3. The van der Waals surface area contributed by atoms with Crippen molar-refractivity contribution in [2.24, 2.45) is 5.92 Å². The van der Waals surface area contributed by atoms with E-state index in [0.717, 1.165) is 24.6 Å². The topological polar surface area (TPSA) is 48.5 Å². The van der Waals surface area contributed by atoms with E-state index in [4.69, 9.17) is 5.10 Å². The van der Waals surface area contributed by atoms with Crippen LogP contribution in [0.3, 0.4) is 0 Å². The molecule has 2 aromatic heterocycles. The number of nitrogens with zero attached hydrogens (tertiary/aromatic N) is 5. The normalized spacial score (nSPS) is 21.8. The SMILES string of the molecule is CCC1CCC(c2nnnn2C(C)(C)C)(n2c(-c3ccccc3)cc3ccccc32)CC1. The number of benzene rings is 2. The Hall–Kier alpha value is -2.95. The van der Waals surface area contributed by atoms with Crippen molar-refractivity contribution < 1.29 is 0 Å². The smallest absolute Gasteiger partial charge is 0.177 e. The molecule has 0 unspecified atom stereocenters. The molecule has 5 nitrogen and oxygen atoms in total. The summed E-state index contributed by atoms with van der Waals surface area (Å²) in [5.41, 5.74) is 3.26. The second-order valence-corrected chi connectivity index (χ2v) is 10.3. The van der Waals surface area contributed by atoms with Gasteiger partial charge in [0.05, 0.1) is 11.2 Å². The van der Waals surface area contributed by atoms with E-state index in [1.54, 1.807) is 0 Å². The van der Waals surface area contributed by atoms with E-state index in [-0.39, 0.29) is 11.1 Å². The number of aromatic nitrogens is 5. The van der Waals surface area contributed by atoms with Crippen molar-refractivity contribution in [3.63, 3.8) is 0 Å². The zero-order chi connectivity index (χ0) is 22.3. The lowest BCUT2D eigenvalue weighted by atomic mass is 9.74. The Morgan fingerprint density at radius 3 is 2.34 bits per heavy atom. The minimum absolute atomic E-state index is 0.191. The number of para-hydroxylation sites is 1. The highest BCUT2D eigenvalue weighted by molar-refractivity contribution is 5.87. The average molecular weight is 428 g/mol. The van der Waals surface area contributed by atoms with Gasteiger partial charge in [0.25, 0.3) is 0 Å². The highest BCUT2D eigenvalue weighted by atomic mass is 15.6. The largest absolute Gasteiger partial charge is 0.327 e. The van der Waals surface area contributed by atoms with Gasteiger partial charge in [-0.15, -0.1) is 5.10 Å². The first-order valence-corrected chi connectivity index (χ1v) is 11.9. The molecule has 5 rings (SSSR count). The first-order valence-electron chi connectivity index (χ1n) is 11.9. The average Bonchev–Trinajstić information content (AvgIpc) is 3.46. The van der Waals surface area contributed by atoms with Crippen molar-refractivity contribution in [3.05, 3.63) is 66.5 Å². The van der Waals surface area contributed by atoms with Crippen LogP contribution in [0.4, 0.5) is 0 Å². The summed E-state index contributed by atoms with van der Waals surface area (Å²) in [6.45, 7) is 8.87. The minimum atomic E-state index is -0.281. The van der Waals surface area contributed by atoms with Gasteiger partial charge in [-0.1, -0.05) is 61.9 Å². The minimum Gasteiger partial charge on any atom is -0.327 e. The fourth-order valence-corrected chi connectivity index (χ4v) is 5.48. The van der Waals surface area contributed by atoms with Crippen molar-refractivity contribution in [1.82, 2.24) is 24.8 Å². The molecule has 2 aromatic carbocycles. The van der Waals surface area contributed by atoms with Crippen molar-refractivity contribution in [3.8, 4) is 11.3 Å². The summed E-state index contributed by atoms with van der Waals surface area (Å²) >= 11 is 0. The van der Waals surface area contributed by atoms with Crippen molar-refractivity contribution in [2.75, 3.05) is 0 Å². The third-order valence-corrected chi connectivity index (χ3v) is 7.24. The van der Waals surface area contributed by atoms with E-state index >= 15 is 0 Å². The predicted octanol–water partition coefficient (Wildman–Crippen LogP) is 6.39. The third-order valence-electron chi connectivity index (χ3n) is 7.24. The van der Waals surface area contributed by atoms with Gasteiger partial charge in [0.1, 0.15) is 5.54 Å². The fourth-order valence-electron chi connectivity index (χ4n) is 5.48. The standard InChI is InChI=1S/C27H33N5/c1-5-20-15-17-27(18-16-20,25-28-29-30-32(25)26(2,3)4)31-23-14-10-9-13-22(23)19-24(31)21-11-7-6-8-12-21/h6-14,19-20H,5,15-18H2,1-4H3. The van der Waals surface area contributed by atoms with Crippen LogP contribution in [0.5, 0.6) is 0 Å². The first kappa shape index (κ1) is 20.9. The molecule has 1 fully saturated rings. The second kappa shape index (κ2) is 7.88. The van der Waals surface area contributed by atoms with Gasteiger partial charge in [-0.3, -0.25) is 0 Å². The molecule has 5 heteroatoms. The summed E-state index contributed by atoms with van der Waals surface area (Å²) in [4.78, 5) is 0. The third kappa shape index (κ3) is 3.35. The Kier molecular flexibility index (Phi) is 5.15. The van der Waals surface area contributed by atoms with Crippen LogP contribution in [0, 0.1) is 5.92 Å². The Morgan fingerprint density at radius 1 is 0.969 bits per heavy atom. The molecule has 4 aromatic rings. The lowest BCUT2D eigenvalue weighted by Gasteiger charge is -2.43. The van der Waals surface area contributed by atoms with Crippen LogP contribution in [0.2, 0.25) is 0 Å². The van der Waals surface area contributed by atoms with Gasteiger partial charge in [-0.25, -0.2) is 4.68 Å². The van der Waals surface area contributed by atoms with E-state index in [9.17, 15) is 0 Å². The zero-order valence-electron chi connectivity index (χ0n) is 19.6. The molecule has 2 heterocycles.